The number of aromatic nitrogens is 2. The molecule has 0 fully saturated rings. The van der Waals surface area contributed by atoms with Crippen molar-refractivity contribution in [2.75, 3.05) is 5.73 Å². The third kappa shape index (κ3) is 3.51. The molecule has 21 heavy (non-hydrogen) atoms. The molecule has 0 aliphatic rings. The van der Waals surface area contributed by atoms with E-state index in [1.54, 1.807) is 13.0 Å². The normalized spacial score (nSPS) is 11.5. The van der Waals surface area contributed by atoms with Gasteiger partial charge in [-0.25, -0.2) is 0 Å². The minimum absolute atomic E-state index is 0.113. The van der Waals surface area contributed by atoms with Crippen LogP contribution in [0.25, 0.3) is 6.08 Å². The highest BCUT2D eigenvalue weighted by molar-refractivity contribution is 5.97. The molecule has 0 bridgehead atoms. The second-order valence-corrected chi connectivity index (χ2v) is 5.08. The van der Waals surface area contributed by atoms with Crippen molar-refractivity contribution in [3.8, 4) is 0 Å². The summed E-state index contributed by atoms with van der Waals surface area (Å²) in [6, 6.07) is 7.98. The van der Waals surface area contributed by atoms with Crippen molar-refractivity contribution in [1.82, 2.24) is 15.5 Å². The number of hydrogen-bond acceptors (Lipinski definition) is 3. The molecule has 110 valence electrons. The number of benzene rings is 1. The van der Waals surface area contributed by atoms with Crippen LogP contribution in [0, 0.1) is 13.8 Å². The van der Waals surface area contributed by atoms with Crippen molar-refractivity contribution in [2.45, 2.75) is 27.3 Å². The Bertz CT molecular complexity index is 666. The number of nitrogens with two attached hydrogens (primary N) is 1. The molecule has 1 amide bonds. The first-order valence-corrected chi connectivity index (χ1v) is 6.80. The average molecular weight is 284 g/mol. The lowest BCUT2D eigenvalue weighted by molar-refractivity contribution is -0.117. The zero-order valence-corrected chi connectivity index (χ0v) is 12.5. The molecule has 0 aliphatic carbocycles. The van der Waals surface area contributed by atoms with Gasteiger partial charge in [-0.2, -0.15) is 5.10 Å². The summed E-state index contributed by atoms with van der Waals surface area (Å²) in [5.74, 6) is 0.289. The summed E-state index contributed by atoms with van der Waals surface area (Å²) >= 11 is 0. The number of carbonyl (C=O) groups excluding carboxylic acids is 1. The third-order valence-corrected chi connectivity index (χ3v) is 3.44. The van der Waals surface area contributed by atoms with Crippen molar-refractivity contribution in [3.05, 3.63) is 52.2 Å². The lowest BCUT2D eigenvalue weighted by atomic mass is 10.1. The van der Waals surface area contributed by atoms with Crippen LogP contribution >= 0.6 is 0 Å². The van der Waals surface area contributed by atoms with Crippen LogP contribution in [0.2, 0.25) is 0 Å². The molecule has 0 aliphatic heterocycles. The van der Waals surface area contributed by atoms with Gasteiger partial charge in [-0.1, -0.05) is 24.3 Å². The second kappa shape index (κ2) is 6.26. The highest BCUT2D eigenvalue weighted by Crippen LogP contribution is 2.16. The first kappa shape index (κ1) is 14.8. The summed E-state index contributed by atoms with van der Waals surface area (Å²) in [6.07, 6.45) is 1.75. The van der Waals surface area contributed by atoms with Crippen LogP contribution < -0.4 is 11.1 Å². The molecule has 0 saturated heterocycles. The average Bonchev–Trinajstić information content (AvgIpc) is 2.78. The Kier molecular flexibility index (Phi) is 4.42. The summed E-state index contributed by atoms with van der Waals surface area (Å²) in [4.78, 5) is 12.1. The lowest BCUT2D eigenvalue weighted by Gasteiger charge is -2.08. The summed E-state index contributed by atoms with van der Waals surface area (Å²) in [7, 11) is 0. The number of nitrogens with one attached hydrogen (secondary N) is 2. The molecule has 0 saturated carbocycles. The Morgan fingerprint density at radius 1 is 1.38 bits per heavy atom. The van der Waals surface area contributed by atoms with E-state index in [-0.39, 0.29) is 5.91 Å². The number of anilines is 1. The van der Waals surface area contributed by atoms with Crippen molar-refractivity contribution in [2.24, 2.45) is 0 Å². The Balaban J connectivity index is 2.05. The van der Waals surface area contributed by atoms with Crippen molar-refractivity contribution in [1.29, 1.82) is 0 Å². The van der Waals surface area contributed by atoms with Gasteiger partial charge in [0.15, 0.2) is 5.82 Å². The zero-order chi connectivity index (χ0) is 15.4. The summed E-state index contributed by atoms with van der Waals surface area (Å²) < 4.78 is 0. The Morgan fingerprint density at radius 3 is 2.71 bits per heavy atom. The van der Waals surface area contributed by atoms with Crippen molar-refractivity contribution < 1.29 is 4.79 Å². The van der Waals surface area contributed by atoms with Gasteiger partial charge in [-0.15, -0.1) is 0 Å². The minimum Gasteiger partial charge on any atom is -0.382 e. The van der Waals surface area contributed by atoms with Gasteiger partial charge in [0.25, 0.3) is 0 Å². The number of hydrogen-bond donors (Lipinski definition) is 3. The Morgan fingerprint density at radius 2 is 2.10 bits per heavy atom. The number of aryl methyl sites for hydroxylation is 2. The first-order valence-electron chi connectivity index (χ1n) is 6.80. The minimum atomic E-state index is -0.113. The second-order valence-electron chi connectivity index (χ2n) is 5.08. The molecule has 0 spiro atoms. The van der Waals surface area contributed by atoms with E-state index in [9.17, 15) is 4.79 Å². The van der Waals surface area contributed by atoms with E-state index in [1.165, 1.54) is 0 Å². The van der Waals surface area contributed by atoms with Crippen LogP contribution in [0.1, 0.15) is 29.3 Å². The first-order chi connectivity index (χ1) is 9.99. The van der Waals surface area contributed by atoms with E-state index in [0.717, 1.165) is 22.4 Å². The quantitative estimate of drug-likeness (QED) is 0.753. The van der Waals surface area contributed by atoms with E-state index in [0.29, 0.717) is 17.9 Å². The van der Waals surface area contributed by atoms with Crippen LogP contribution in [-0.2, 0) is 11.3 Å². The molecular weight excluding hydrogens is 264 g/mol. The van der Waals surface area contributed by atoms with E-state index in [2.05, 4.69) is 15.5 Å². The molecule has 4 N–H and O–H groups in total. The molecule has 2 rings (SSSR count). The topological polar surface area (TPSA) is 83.8 Å². The van der Waals surface area contributed by atoms with Gasteiger partial charge in [-0.3, -0.25) is 9.89 Å². The van der Waals surface area contributed by atoms with Crippen molar-refractivity contribution in [3.63, 3.8) is 0 Å². The number of rotatable bonds is 4. The molecule has 0 atom stereocenters. The molecule has 1 aromatic carbocycles. The van der Waals surface area contributed by atoms with Gasteiger partial charge in [0.05, 0.1) is 0 Å². The predicted molar refractivity (Wildman–Crippen MR) is 84.4 cm³/mol. The van der Waals surface area contributed by atoms with Crippen LogP contribution in [0.4, 0.5) is 5.82 Å². The largest absolute Gasteiger partial charge is 0.382 e. The van der Waals surface area contributed by atoms with Crippen LogP contribution in [0.5, 0.6) is 0 Å². The van der Waals surface area contributed by atoms with Gasteiger partial charge in [0, 0.05) is 23.4 Å². The number of aromatic amines is 1. The van der Waals surface area contributed by atoms with Gasteiger partial charge < -0.3 is 11.1 Å². The van der Waals surface area contributed by atoms with Gasteiger partial charge in [-0.05, 0) is 38.0 Å². The number of nitrogen functional groups attached to an aromatic ring is 1. The summed E-state index contributed by atoms with van der Waals surface area (Å²) in [5, 5.41) is 9.62. The van der Waals surface area contributed by atoms with Crippen molar-refractivity contribution >= 4 is 17.8 Å². The van der Waals surface area contributed by atoms with E-state index in [4.69, 9.17) is 5.73 Å². The van der Waals surface area contributed by atoms with E-state index < -0.39 is 0 Å². The fraction of sp³-hybridized carbons (Fsp3) is 0.250. The van der Waals surface area contributed by atoms with Crippen LogP contribution in [0.3, 0.4) is 0 Å². The number of nitrogens with zero attached hydrogens (tertiary/aromatic N) is 1. The molecule has 1 heterocycles. The number of carbonyl (C=O) groups is 1. The number of H-pyrrole nitrogens is 1. The van der Waals surface area contributed by atoms with Crippen LogP contribution in [0.15, 0.2) is 29.8 Å². The fourth-order valence-corrected chi connectivity index (χ4v) is 2.04. The Labute approximate surface area is 124 Å². The van der Waals surface area contributed by atoms with E-state index in [1.807, 2.05) is 38.1 Å². The smallest absolute Gasteiger partial charge is 0.247 e. The maximum atomic E-state index is 12.1. The Hall–Kier alpha value is -2.56. The standard InChI is InChI=1S/C16H20N4O/c1-10-6-4-5-7-13(10)9-18-16(21)11(2)8-14-12(3)19-20-15(14)17/h4-8H,9H2,1-3H3,(H,18,21)(H3,17,19,20)/b11-8+. The predicted octanol–water partition coefficient (Wildman–Crippen LogP) is 2.33. The zero-order valence-electron chi connectivity index (χ0n) is 12.5. The number of amides is 1. The van der Waals surface area contributed by atoms with Gasteiger partial charge in [0.2, 0.25) is 5.91 Å². The van der Waals surface area contributed by atoms with Gasteiger partial charge in [0.1, 0.15) is 0 Å². The molecule has 0 unspecified atom stereocenters. The molecule has 1 aromatic heterocycles. The monoisotopic (exact) mass is 284 g/mol. The lowest BCUT2D eigenvalue weighted by Crippen LogP contribution is -2.23. The molecule has 5 heteroatoms. The molecule has 5 nitrogen and oxygen atoms in total. The van der Waals surface area contributed by atoms with Gasteiger partial charge >= 0.3 is 0 Å². The van der Waals surface area contributed by atoms with Crippen LogP contribution in [-0.4, -0.2) is 16.1 Å². The summed E-state index contributed by atoms with van der Waals surface area (Å²) in [5.41, 5.74) is 10.2. The highest BCUT2D eigenvalue weighted by Gasteiger charge is 2.09. The maximum Gasteiger partial charge on any atom is 0.247 e. The SMILES string of the molecule is C/C(=C\c1c(N)n[nH]c1C)C(=O)NCc1ccccc1C. The fourth-order valence-electron chi connectivity index (χ4n) is 2.04. The van der Waals surface area contributed by atoms with E-state index >= 15 is 0 Å². The maximum absolute atomic E-state index is 12.1. The molecule has 0 radical (unpaired) electrons. The molecule has 2 aromatic rings. The third-order valence-electron chi connectivity index (χ3n) is 3.44. The summed E-state index contributed by atoms with van der Waals surface area (Å²) in [6.45, 7) is 6.17. The highest BCUT2D eigenvalue weighted by atomic mass is 16.1. The molecular formula is C16H20N4O.